The van der Waals surface area contributed by atoms with E-state index in [-0.39, 0.29) is 12.1 Å². The summed E-state index contributed by atoms with van der Waals surface area (Å²) in [5.41, 5.74) is 7.09. The zero-order valence-corrected chi connectivity index (χ0v) is 11.2. The van der Waals surface area contributed by atoms with Crippen molar-refractivity contribution in [3.63, 3.8) is 0 Å². The van der Waals surface area contributed by atoms with Gasteiger partial charge in [0.25, 0.3) is 0 Å². The highest BCUT2D eigenvalue weighted by atomic mass is 32.2. The zero-order valence-electron chi connectivity index (χ0n) is 10.4. The van der Waals surface area contributed by atoms with E-state index in [1.54, 1.807) is 11.8 Å². The first-order valence-corrected chi connectivity index (χ1v) is 7.14. The van der Waals surface area contributed by atoms with Crippen LogP contribution in [0.1, 0.15) is 11.6 Å². The van der Waals surface area contributed by atoms with Crippen molar-refractivity contribution in [3.05, 3.63) is 29.8 Å². The van der Waals surface area contributed by atoms with Crippen LogP contribution in [0.3, 0.4) is 0 Å². The average molecular weight is 252 g/mol. The fraction of sp³-hybridized carbons (Fsp3) is 0.538. The molecule has 0 bridgehead atoms. The molecule has 94 valence electrons. The number of thioether (sulfide) groups is 1. The van der Waals surface area contributed by atoms with Gasteiger partial charge >= 0.3 is 0 Å². The van der Waals surface area contributed by atoms with Gasteiger partial charge in [0.2, 0.25) is 0 Å². The van der Waals surface area contributed by atoms with Crippen LogP contribution in [0.15, 0.2) is 29.2 Å². The van der Waals surface area contributed by atoms with Crippen molar-refractivity contribution in [1.29, 1.82) is 0 Å². The first kappa shape index (κ1) is 12.9. The van der Waals surface area contributed by atoms with E-state index in [2.05, 4.69) is 42.5 Å². The highest BCUT2D eigenvalue weighted by Gasteiger charge is 2.30. The van der Waals surface area contributed by atoms with Crippen LogP contribution in [0.25, 0.3) is 0 Å². The number of morpholine rings is 1. The van der Waals surface area contributed by atoms with Crippen LogP contribution >= 0.6 is 11.8 Å². The van der Waals surface area contributed by atoms with Crippen molar-refractivity contribution in [2.75, 3.05) is 33.0 Å². The molecule has 1 fully saturated rings. The summed E-state index contributed by atoms with van der Waals surface area (Å²) in [4.78, 5) is 3.62. The molecule has 1 aromatic carbocycles. The summed E-state index contributed by atoms with van der Waals surface area (Å²) < 4.78 is 5.75. The lowest BCUT2D eigenvalue weighted by Gasteiger charge is -2.39. The number of nitrogens with two attached hydrogens (primary N) is 1. The molecule has 0 aliphatic carbocycles. The Balaban J connectivity index is 2.21. The Morgan fingerprint density at radius 1 is 1.41 bits per heavy atom. The van der Waals surface area contributed by atoms with Crippen molar-refractivity contribution in [2.45, 2.75) is 17.0 Å². The van der Waals surface area contributed by atoms with Crippen LogP contribution in [-0.2, 0) is 4.74 Å². The smallest absolute Gasteiger partial charge is 0.0894 e. The summed E-state index contributed by atoms with van der Waals surface area (Å²) in [5, 5.41) is 0. The second-order valence-corrected chi connectivity index (χ2v) is 5.22. The van der Waals surface area contributed by atoms with E-state index in [1.807, 2.05) is 0 Å². The molecule has 0 amide bonds. The summed E-state index contributed by atoms with van der Waals surface area (Å²) in [6, 6.07) is 8.98. The molecule has 0 aromatic heterocycles. The van der Waals surface area contributed by atoms with E-state index >= 15 is 0 Å². The minimum atomic E-state index is 0.105. The molecule has 2 N–H and O–H groups in total. The number of hydrogen-bond acceptors (Lipinski definition) is 4. The van der Waals surface area contributed by atoms with Crippen LogP contribution in [-0.4, -0.2) is 44.0 Å². The molecule has 4 heteroatoms. The lowest BCUT2D eigenvalue weighted by molar-refractivity contribution is -0.0576. The SMILES string of the molecule is CSc1ccc(C2C(CN)OCCN2C)cc1. The van der Waals surface area contributed by atoms with Gasteiger partial charge in [-0.05, 0) is 31.0 Å². The van der Waals surface area contributed by atoms with Crippen molar-refractivity contribution < 1.29 is 4.74 Å². The average Bonchev–Trinajstić information content (AvgIpc) is 2.38. The van der Waals surface area contributed by atoms with Gasteiger partial charge in [-0.3, -0.25) is 4.90 Å². The van der Waals surface area contributed by atoms with Crippen LogP contribution in [0.2, 0.25) is 0 Å². The van der Waals surface area contributed by atoms with E-state index in [9.17, 15) is 0 Å². The van der Waals surface area contributed by atoms with Gasteiger partial charge in [-0.25, -0.2) is 0 Å². The Labute approximate surface area is 107 Å². The fourth-order valence-electron chi connectivity index (χ4n) is 2.33. The molecule has 1 aromatic rings. The molecule has 3 nitrogen and oxygen atoms in total. The van der Waals surface area contributed by atoms with Crippen LogP contribution in [0.5, 0.6) is 0 Å². The van der Waals surface area contributed by atoms with E-state index in [0.717, 1.165) is 13.2 Å². The van der Waals surface area contributed by atoms with Crippen molar-refractivity contribution in [1.82, 2.24) is 4.90 Å². The number of likely N-dealkylation sites (N-methyl/N-ethyl adjacent to an activating group) is 1. The summed E-state index contributed by atoms with van der Waals surface area (Å²) in [6.07, 6.45) is 2.20. The number of nitrogens with zero attached hydrogens (tertiary/aromatic N) is 1. The Morgan fingerprint density at radius 2 is 2.12 bits per heavy atom. The predicted molar refractivity (Wildman–Crippen MR) is 72.4 cm³/mol. The first-order valence-electron chi connectivity index (χ1n) is 5.92. The third kappa shape index (κ3) is 2.83. The van der Waals surface area contributed by atoms with Crippen LogP contribution in [0, 0.1) is 0 Å². The van der Waals surface area contributed by atoms with Gasteiger partial charge in [-0.1, -0.05) is 12.1 Å². The Bertz CT molecular complexity index is 355. The van der Waals surface area contributed by atoms with Gasteiger partial charge in [-0.2, -0.15) is 0 Å². The van der Waals surface area contributed by atoms with Crippen molar-refractivity contribution in [3.8, 4) is 0 Å². The maximum atomic E-state index is 5.79. The third-order valence-corrected chi connectivity index (χ3v) is 4.04. The Kier molecular flexibility index (Phi) is 4.45. The Morgan fingerprint density at radius 3 is 2.71 bits per heavy atom. The normalized spacial score (nSPS) is 26.1. The summed E-state index contributed by atoms with van der Waals surface area (Å²) in [6.45, 7) is 2.31. The summed E-state index contributed by atoms with van der Waals surface area (Å²) in [7, 11) is 2.14. The van der Waals surface area contributed by atoms with E-state index in [1.165, 1.54) is 10.5 Å². The van der Waals surface area contributed by atoms with Crippen molar-refractivity contribution >= 4 is 11.8 Å². The van der Waals surface area contributed by atoms with E-state index < -0.39 is 0 Å². The van der Waals surface area contributed by atoms with Crippen LogP contribution in [0.4, 0.5) is 0 Å². The van der Waals surface area contributed by atoms with E-state index in [0.29, 0.717) is 6.54 Å². The molecular formula is C13H20N2OS. The van der Waals surface area contributed by atoms with Gasteiger partial charge in [0.1, 0.15) is 0 Å². The molecular weight excluding hydrogens is 232 g/mol. The highest BCUT2D eigenvalue weighted by Crippen LogP contribution is 2.29. The molecule has 1 aliphatic rings. The highest BCUT2D eigenvalue weighted by molar-refractivity contribution is 7.98. The maximum absolute atomic E-state index is 5.79. The molecule has 1 saturated heterocycles. The lowest BCUT2D eigenvalue weighted by atomic mass is 9.98. The topological polar surface area (TPSA) is 38.5 Å². The number of benzene rings is 1. The molecule has 2 rings (SSSR count). The lowest BCUT2D eigenvalue weighted by Crippen LogP contribution is -2.46. The van der Waals surface area contributed by atoms with Gasteiger partial charge in [0.05, 0.1) is 18.8 Å². The summed E-state index contributed by atoms with van der Waals surface area (Å²) in [5.74, 6) is 0. The number of hydrogen-bond donors (Lipinski definition) is 1. The standard InChI is InChI=1S/C13H20N2OS/c1-15-7-8-16-12(9-14)13(15)10-3-5-11(17-2)6-4-10/h3-6,12-13H,7-9,14H2,1-2H3. The van der Waals surface area contributed by atoms with E-state index in [4.69, 9.17) is 10.5 Å². The maximum Gasteiger partial charge on any atom is 0.0894 e. The minimum absolute atomic E-state index is 0.105. The molecule has 17 heavy (non-hydrogen) atoms. The fourth-order valence-corrected chi connectivity index (χ4v) is 2.74. The van der Waals surface area contributed by atoms with Gasteiger partial charge < -0.3 is 10.5 Å². The van der Waals surface area contributed by atoms with Gasteiger partial charge in [0, 0.05) is 18.0 Å². The molecule has 0 spiro atoms. The minimum Gasteiger partial charge on any atom is -0.374 e. The summed E-state index contributed by atoms with van der Waals surface area (Å²) >= 11 is 1.76. The van der Waals surface area contributed by atoms with Gasteiger partial charge in [0.15, 0.2) is 0 Å². The number of rotatable bonds is 3. The molecule has 1 aliphatic heterocycles. The third-order valence-electron chi connectivity index (χ3n) is 3.29. The predicted octanol–water partition coefficient (Wildman–Crippen LogP) is 1.74. The zero-order chi connectivity index (χ0) is 12.3. The quantitative estimate of drug-likeness (QED) is 0.832. The van der Waals surface area contributed by atoms with Crippen LogP contribution < -0.4 is 5.73 Å². The first-order chi connectivity index (χ1) is 8.26. The van der Waals surface area contributed by atoms with Crippen molar-refractivity contribution in [2.24, 2.45) is 5.73 Å². The molecule has 0 saturated carbocycles. The molecule has 0 radical (unpaired) electrons. The molecule has 1 heterocycles. The Hall–Kier alpha value is -0.550. The number of ether oxygens (including phenoxy) is 1. The largest absolute Gasteiger partial charge is 0.374 e. The van der Waals surface area contributed by atoms with Gasteiger partial charge in [-0.15, -0.1) is 11.8 Å². The monoisotopic (exact) mass is 252 g/mol. The second kappa shape index (κ2) is 5.87. The second-order valence-electron chi connectivity index (χ2n) is 4.34. The molecule has 2 unspecified atom stereocenters. The molecule has 2 atom stereocenters.